The smallest absolute Gasteiger partial charge is 0.358 e. The molecule has 0 unspecified atom stereocenters. The minimum Gasteiger partial charge on any atom is -0.497 e. The van der Waals surface area contributed by atoms with Crippen molar-refractivity contribution in [3.05, 3.63) is 54.6 Å². The van der Waals surface area contributed by atoms with Crippen molar-refractivity contribution in [2.24, 2.45) is 10.9 Å². The highest BCUT2D eigenvalue weighted by Gasteiger charge is 2.15. The SMILES string of the molecule is COc1ccc(O/C(N)=N\OS(=O)(=O)c2ccccc2)cc1. The first-order valence-electron chi connectivity index (χ1n) is 6.15. The second-order valence-electron chi connectivity index (χ2n) is 4.05. The van der Waals surface area contributed by atoms with Crippen molar-refractivity contribution < 1.29 is 22.2 Å². The van der Waals surface area contributed by atoms with Crippen molar-refractivity contribution in [1.29, 1.82) is 0 Å². The second kappa shape index (κ2) is 6.81. The van der Waals surface area contributed by atoms with Crippen LogP contribution in [-0.2, 0) is 14.4 Å². The summed E-state index contributed by atoms with van der Waals surface area (Å²) in [7, 11) is -2.49. The van der Waals surface area contributed by atoms with Crippen molar-refractivity contribution in [3.8, 4) is 11.5 Å². The predicted molar refractivity (Wildman–Crippen MR) is 80.0 cm³/mol. The molecule has 0 spiro atoms. The molecule has 7 nitrogen and oxygen atoms in total. The zero-order valence-electron chi connectivity index (χ0n) is 11.7. The topological polar surface area (TPSA) is 100 Å². The van der Waals surface area contributed by atoms with E-state index in [0.717, 1.165) is 0 Å². The van der Waals surface area contributed by atoms with Crippen LogP contribution >= 0.6 is 0 Å². The van der Waals surface area contributed by atoms with Gasteiger partial charge in [-0.1, -0.05) is 18.2 Å². The predicted octanol–water partition coefficient (Wildman–Crippen LogP) is 1.71. The molecule has 0 aliphatic carbocycles. The summed E-state index contributed by atoms with van der Waals surface area (Å²) in [6.07, 6.45) is 0. The van der Waals surface area contributed by atoms with Crippen LogP contribution in [0, 0.1) is 0 Å². The molecular weight excluding hydrogens is 308 g/mol. The van der Waals surface area contributed by atoms with Crippen LogP contribution in [-0.4, -0.2) is 21.5 Å². The summed E-state index contributed by atoms with van der Waals surface area (Å²) in [6, 6.07) is 13.6. The molecule has 2 N–H and O–H groups in total. The monoisotopic (exact) mass is 322 g/mol. The van der Waals surface area contributed by atoms with Gasteiger partial charge in [0.25, 0.3) is 0 Å². The van der Waals surface area contributed by atoms with Gasteiger partial charge in [-0.3, -0.25) is 4.28 Å². The third kappa shape index (κ3) is 4.13. The quantitative estimate of drug-likeness (QED) is 0.511. The third-order valence-corrected chi connectivity index (χ3v) is 3.66. The molecular formula is C14H14N2O5S. The van der Waals surface area contributed by atoms with E-state index in [1.165, 1.54) is 19.2 Å². The molecule has 0 aliphatic heterocycles. The Kier molecular flexibility index (Phi) is 4.84. The molecule has 8 heteroatoms. The van der Waals surface area contributed by atoms with Crippen LogP contribution in [0.5, 0.6) is 11.5 Å². The van der Waals surface area contributed by atoms with Crippen LogP contribution in [0.3, 0.4) is 0 Å². The highest BCUT2D eigenvalue weighted by atomic mass is 32.2. The Morgan fingerprint density at radius 1 is 1.00 bits per heavy atom. The summed E-state index contributed by atoms with van der Waals surface area (Å²) in [4.78, 5) is -0.0315. The van der Waals surface area contributed by atoms with Gasteiger partial charge in [-0.05, 0) is 41.6 Å². The Morgan fingerprint density at radius 2 is 1.59 bits per heavy atom. The highest BCUT2D eigenvalue weighted by Crippen LogP contribution is 2.17. The molecule has 0 fully saturated rings. The minimum atomic E-state index is -4.03. The Bertz CT molecular complexity index is 743. The van der Waals surface area contributed by atoms with E-state index in [1.807, 2.05) is 0 Å². The fourth-order valence-electron chi connectivity index (χ4n) is 1.50. The number of amidine groups is 1. The molecule has 0 aromatic heterocycles. The summed E-state index contributed by atoms with van der Waals surface area (Å²) in [5, 5.41) is 3.26. The molecule has 0 saturated carbocycles. The number of hydrogen-bond donors (Lipinski definition) is 1. The van der Waals surface area contributed by atoms with Crippen molar-refractivity contribution >= 4 is 16.1 Å². The molecule has 0 saturated heterocycles. The number of oxime groups is 1. The summed E-state index contributed by atoms with van der Waals surface area (Å²) in [6.45, 7) is 0. The van der Waals surface area contributed by atoms with E-state index < -0.39 is 16.1 Å². The first-order valence-corrected chi connectivity index (χ1v) is 7.56. The van der Waals surface area contributed by atoms with E-state index >= 15 is 0 Å². The molecule has 2 rings (SSSR count). The van der Waals surface area contributed by atoms with Crippen molar-refractivity contribution in [2.75, 3.05) is 7.11 Å². The van der Waals surface area contributed by atoms with E-state index in [9.17, 15) is 8.42 Å². The standard InChI is InChI=1S/C14H14N2O5S/c1-19-11-7-9-12(10-8-11)20-14(15)16-21-22(17,18)13-5-3-2-4-6-13/h2-10H,1H3,(H2,15,16). The van der Waals surface area contributed by atoms with Gasteiger partial charge in [-0.15, -0.1) is 0 Å². The first-order chi connectivity index (χ1) is 10.5. The summed E-state index contributed by atoms with van der Waals surface area (Å²) in [5.74, 6) is 1.01. The van der Waals surface area contributed by atoms with Gasteiger partial charge in [0.2, 0.25) is 0 Å². The van der Waals surface area contributed by atoms with E-state index in [4.69, 9.17) is 15.2 Å². The van der Waals surface area contributed by atoms with E-state index in [1.54, 1.807) is 42.5 Å². The summed E-state index contributed by atoms with van der Waals surface area (Å²) in [5.41, 5.74) is 5.47. The van der Waals surface area contributed by atoms with Gasteiger partial charge < -0.3 is 15.2 Å². The third-order valence-electron chi connectivity index (χ3n) is 2.54. The van der Waals surface area contributed by atoms with Gasteiger partial charge in [-0.25, -0.2) is 0 Å². The normalized spacial score (nSPS) is 11.8. The lowest BCUT2D eigenvalue weighted by atomic mass is 10.3. The van der Waals surface area contributed by atoms with E-state index in [-0.39, 0.29) is 4.90 Å². The average molecular weight is 322 g/mol. The minimum absolute atomic E-state index is 0.0315. The molecule has 0 radical (unpaired) electrons. The fraction of sp³-hybridized carbons (Fsp3) is 0.0714. The molecule has 0 aliphatic rings. The second-order valence-corrected chi connectivity index (χ2v) is 5.58. The van der Waals surface area contributed by atoms with Crippen LogP contribution in [0.2, 0.25) is 0 Å². The maximum absolute atomic E-state index is 11.8. The zero-order valence-corrected chi connectivity index (χ0v) is 12.5. The molecule has 2 aromatic rings. The largest absolute Gasteiger partial charge is 0.497 e. The number of hydrogen-bond acceptors (Lipinski definition) is 6. The van der Waals surface area contributed by atoms with Crippen LogP contribution in [0.4, 0.5) is 0 Å². The summed E-state index contributed by atoms with van der Waals surface area (Å²) < 4.78 is 38.2. The van der Waals surface area contributed by atoms with Gasteiger partial charge in [0, 0.05) is 0 Å². The van der Waals surface area contributed by atoms with E-state index in [2.05, 4.69) is 9.44 Å². The van der Waals surface area contributed by atoms with Gasteiger partial charge in [-0.2, -0.15) is 8.42 Å². The highest BCUT2D eigenvalue weighted by molar-refractivity contribution is 7.86. The fourth-order valence-corrected chi connectivity index (χ4v) is 2.25. The Hall–Kier alpha value is -2.74. The molecule has 0 amide bonds. The first kappa shape index (κ1) is 15.6. The molecule has 0 atom stereocenters. The molecule has 0 bridgehead atoms. The Labute approximate surface area is 128 Å². The van der Waals surface area contributed by atoms with Crippen molar-refractivity contribution in [1.82, 2.24) is 0 Å². The van der Waals surface area contributed by atoms with Gasteiger partial charge >= 0.3 is 16.1 Å². The number of ether oxygens (including phenoxy) is 2. The van der Waals surface area contributed by atoms with Gasteiger partial charge in [0.05, 0.1) is 7.11 Å². The number of nitrogens with zero attached hydrogens (tertiary/aromatic N) is 1. The number of rotatable bonds is 5. The Morgan fingerprint density at radius 3 is 2.18 bits per heavy atom. The van der Waals surface area contributed by atoms with Gasteiger partial charge in [0.1, 0.15) is 16.4 Å². The Balaban J connectivity index is 2.03. The van der Waals surface area contributed by atoms with Crippen LogP contribution in [0.25, 0.3) is 0 Å². The average Bonchev–Trinajstić information content (AvgIpc) is 2.55. The molecule has 2 aromatic carbocycles. The maximum Gasteiger partial charge on any atom is 0.358 e. The number of benzene rings is 2. The molecule has 0 heterocycles. The van der Waals surface area contributed by atoms with E-state index in [0.29, 0.717) is 11.5 Å². The van der Waals surface area contributed by atoms with Crippen molar-refractivity contribution in [2.45, 2.75) is 4.90 Å². The number of methoxy groups -OCH3 is 1. The maximum atomic E-state index is 11.8. The summed E-state index contributed by atoms with van der Waals surface area (Å²) >= 11 is 0. The molecule has 22 heavy (non-hydrogen) atoms. The van der Waals surface area contributed by atoms with Crippen LogP contribution in [0.1, 0.15) is 0 Å². The lowest BCUT2D eigenvalue weighted by Crippen LogP contribution is -2.20. The lowest BCUT2D eigenvalue weighted by molar-refractivity contribution is 0.323. The lowest BCUT2D eigenvalue weighted by Gasteiger charge is -2.05. The van der Waals surface area contributed by atoms with Crippen molar-refractivity contribution in [3.63, 3.8) is 0 Å². The van der Waals surface area contributed by atoms with Crippen LogP contribution in [0.15, 0.2) is 64.6 Å². The van der Waals surface area contributed by atoms with Crippen LogP contribution < -0.4 is 15.2 Å². The number of nitrogens with two attached hydrogens (primary N) is 1. The zero-order chi connectivity index (χ0) is 16.0. The molecule has 116 valence electrons. The van der Waals surface area contributed by atoms with Gasteiger partial charge in [0.15, 0.2) is 0 Å².